The van der Waals surface area contributed by atoms with Crippen molar-refractivity contribution in [2.45, 2.75) is 56.9 Å². The van der Waals surface area contributed by atoms with Gasteiger partial charge in [0.05, 0.1) is 0 Å². The Morgan fingerprint density at radius 2 is 2.08 bits per heavy atom. The molecule has 2 saturated carbocycles. The van der Waals surface area contributed by atoms with Crippen molar-refractivity contribution in [2.75, 3.05) is 26.7 Å². The molecule has 5 rings (SSSR count). The maximum absolute atomic E-state index is 13.1. The largest absolute Gasteiger partial charge is 0.427 e. The molecule has 2 aliphatic carbocycles. The van der Waals surface area contributed by atoms with Gasteiger partial charge in [-0.25, -0.2) is 0 Å². The van der Waals surface area contributed by atoms with Gasteiger partial charge in [-0.15, -0.1) is 11.3 Å². The molecule has 1 saturated heterocycles. The van der Waals surface area contributed by atoms with Crippen LogP contribution in [0.5, 0.6) is 5.75 Å². The van der Waals surface area contributed by atoms with Crippen LogP contribution in [0, 0.1) is 11.8 Å². The number of esters is 1. The van der Waals surface area contributed by atoms with E-state index in [1.807, 2.05) is 41.6 Å². The maximum Gasteiger partial charge on any atom is 0.308 e. The van der Waals surface area contributed by atoms with Crippen LogP contribution in [0.15, 0.2) is 46.3 Å². The topological polar surface area (TPSA) is 49.9 Å². The van der Waals surface area contributed by atoms with Crippen molar-refractivity contribution in [3.63, 3.8) is 0 Å². The van der Waals surface area contributed by atoms with E-state index in [0.717, 1.165) is 54.0 Å². The Kier molecular flexibility index (Phi) is 7.70. The van der Waals surface area contributed by atoms with E-state index in [9.17, 15) is 9.59 Å². The van der Waals surface area contributed by atoms with Crippen LogP contribution in [0.4, 0.5) is 0 Å². The van der Waals surface area contributed by atoms with Crippen LogP contribution in [0.25, 0.3) is 6.08 Å². The number of thiophene rings is 1. The van der Waals surface area contributed by atoms with E-state index in [4.69, 9.17) is 4.74 Å². The van der Waals surface area contributed by atoms with Crippen LogP contribution >= 0.6 is 27.3 Å². The Labute approximate surface area is 226 Å². The lowest BCUT2D eigenvalue weighted by Gasteiger charge is -2.54. The number of benzene rings is 1. The summed E-state index contributed by atoms with van der Waals surface area (Å²) in [5, 5.41) is 2.03. The van der Waals surface area contributed by atoms with Gasteiger partial charge in [0.25, 0.3) is 0 Å². The van der Waals surface area contributed by atoms with Crippen molar-refractivity contribution in [1.82, 2.24) is 9.80 Å². The number of nitrogens with zero attached hydrogens (tertiary/aromatic N) is 2. The zero-order valence-corrected chi connectivity index (χ0v) is 23.5. The number of halogens is 1. The van der Waals surface area contributed by atoms with E-state index in [1.165, 1.54) is 31.9 Å². The molecule has 3 atom stereocenters. The van der Waals surface area contributed by atoms with Crippen LogP contribution in [0.3, 0.4) is 0 Å². The molecule has 0 spiro atoms. The predicted octanol–water partition coefficient (Wildman–Crippen LogP) is 6.13. The zero-order valence-electron chi connectivity index (χ0n) is 21.1. The Hall–Kier alpha value is -1.96. The van der Waals surface area contributed by atoms with Crippen molar-refractivity contribution in [3.8, 4) is 5.75 Å². The van der Waals surface area contributed by atoms with Gasteiger partial charge < -0.3 is 14.5 Å². The first kappa shape index (κ1) is 25.7. The lowest BCUT2D eigenvalue weighted by Crippen LogP contribution is -2.56. The predicted molar refractivity (Wildman–Crippen MR) is 148 cm³/mol. The van der Waals surface area contributed by atoms with Crippen LogP contribution in [-0.4, -0.2) is 54.4 Å². The van der Waals surface area contributed by atoms with E-state index in [2.05, 4.69) is 33.0 Å². The Morgan fingerprint density at radius 1 is 1.25 bits per heavy atom. The number of hydrogen-bond acceptors (Lipinski definition) is 5. The smallest absolute Gasteiger partial charge is 0.308 e. The van der Waals surface area contributed by atoms with Crippen molar-refractivity contribution in [3.05, 3.63) is 56.7 Å². The third-order valence-corrected chi connectivity index (χ3v) is 10.00. The maximum atomic E-state index is 13.1. The monoisotopic (exact) mass is 570 g/mol. The summed E-state index contributed by atoms with van der Waals surface area (Å²) in [6.45, 7) is 4.88. The first-order valence-corrected chi connectivity index (χ1v) is 14.7. The quantitative estimate of drug-likeness (QED) is 0.228. The van der Waals surface area contributed by atoms with Gasteiger partial charge in [0, 0.05) is 59.3 Å². The summed E-state index contributed by atoms with van der Waals surface area (Å²) in [4.78, 5) is 30.5. The molecule has 2 aromatic rings. The summed E-state index contributed by atoms with van der Waals surface area (Å²) < 4.78 is 6.51. The SMILES string of the molecule is CC(=O)Oc1cccc([C@@]23CCN(CC4CC4)C[C@H]2CC[C@@H](N(C)C(=O)/C=C/c2cc(Br)cs2)C3)c1. The minimum Gasteiger partial charge on any atom is -0.427 e. The van der Waals surface area contributed by atoms with Gasteiger partial charge in [0.1, 0.15) is 5.75 Å². The number of rotatable bonds is 7. The summed E-state index contributed by atoms with van der Waals surface area (Å²) in [5.41, 5.74) is 1.23. The molecule has 0 unspecified atom stereocenters. The fourth-order valence-corrected chi connectivity index (χ4v) is 7.59. The van der Waals surface area contributed by atoms with E-state index < -0.39 is 0 Å². The second-order valence-corrected chi connectivity index (χ2v) is 12.7. The van der Waals surface area contributed by atoms with Crippen molar-refractivity contribution >= 4 is 45.2 Å². The highest BCUT2D eigenvalue weighted by Gasteiger charge is 2.49. The number of likely N-dealkylation sites (tertiary alicyclic amines) is 1. The molecule has 0 N–H and O–H groups in total. The molecule has 1 aromatic carbocycles. The molecule has 3 aliphatic rings. The van der Waals surface area contributed by atoms with Crippen LogP contribution in [0.1, 0.15) is 55.9 Å². The summed E-state index contributed by atoms with van der Waals surface area (Å²) in [5.74, 6) is 1.80. The first-order valence-electron chi connectivity index (χ1n) is 13.0. The molecule has 0 bridgehead atoms. The fraction of sp³-hybridized carbons (Fsp3) is 0.517. The second kappa shape index (κ2) is 10.8. The molecule has 36 heavy (non-hydrogen) atoms. The third kappa shape index (κ3) is 5.79. The molecule has 1 aromatic heterocycles. The highest BCUT2D eigenvalue weighted by molar-refractivity contribution is 9.10. The van der Waals surface area contributed by atoms with Crippen LogP contribution < -0.4 is 4.74 Å². The number of carbonyl (C=O) groups is 2. The molecule has 192 valence electrons. The molecule has 5 nitrogen and oxygen atoms in total. The summed E-state index contributed by atoms with van der Waals surface area (Å²) >= 11 is 5.10. The van der Waals surface area contributed by atoms with Gasteiger partial charge in [-0.05, 0) is 103 Å². The standard InChI is InChI=1S/C29H35BrN2O3S/c1-20(33)35-26-5-3-4-22(14-26)29-12-13-32(17-21-6-7-21)18-23(29)8-9-25(16-29)31(2)28(34)11-10-27-15-24(30)19-36-27/h3-5,10-11,14-15,19,21,23,25H,6-9,12-13,16-18H2,1-2H3/b11-10+/t23-,25-,29+/m1/s1. The van der Waals surface area contributed by atoms with Crippen molar-refractivity contribution < 1.29 is 14.3 Å². The van der Waals surface area contributed by atoms with E-state index in [0.29, 0.717) is 11.7 Å². The highest BCUT2D eigenvalue weighted by Crippen LogP contribution is 2.51. The van der Waals surface area contributed by atoms with Crippen molar-refractivity contribution in [2.24, 2.45) is 11.8 Å². The average Bonchev–Trinajstić information content (AvgIpc) is 3.58. The second-order valence-electron chi connectivity index (χ2n) is 10.8. The number of carbonyl (C=O) groups excluding carboxylic acids is 2. The lowest BCUT2D eigenvalue weighted by molar-refractivity contribution is -0.132. The number of fused-ring (bicyclic) bond motifs is 1. The van der Waals surface area contributed by atoms with Gasteiger partial charge in [0.2, 0.25) is 5.91 Å². The number of piperidine rings is 1. The molecule has 1 aliphatic heterocycles. The van der Waals surface area contributed by atoms with Crippen molar-refractivity contribution in [1.29, 1.82) is 0 Å². The molecule has 3 fully saturated rings. The lowest BCUT2D eigenvalue weighted by atomic mass is 9.57. The molecular formula is C29H35BrN2O3S. The summed E-state index contributed by atoms with van der Waals surface area (Å²) in [6, 6.07) is 10.4. The van der Waals surface area contributed by atoms with Gasteiger partial charge in [-0.3, -0.25) is 9.59 Å². The first-order chi connectivity index (χ1) is 17.3. The summed E-state index contributed by atoms with van der Waals surface area (Å²) in [6.07, 6.45) is 10.5. The van der Waals surface area contributed by atoms with Crippen LogP contribution in [0.2, 0.25) is 0 Å². The number of hydrogen-bond donors (Lipinski definition) is 0. The fourth-order valence-electron chi connectivity index (χ4n) is 6.25. The minimum atomic E-state index is -0.295. The number of likely N-dealkylation sites (N-methyl/N-ethyl adjacent to an activating group) is 1. The molecule has 1 amide bonds. The normalized spacial score (nSPS) is 26.5. The van der Waals surface area contributed by atoms with Crippen LogP contribution in [-0.2, 0) is 15.0 Å². The third-order valence-electron chi connectivity index (χ3n) is 8.34. The van der Waals surface area contributed by atoms with Gasteiger partial charge in [0.15, 0.2) is 0 Å². The Morgan fingerprint density at radius 3 is 2.81 bits per heavy atom. The number of amides is 1. The van der Waals surface area contributed by atoms with Gasteiger partial charge in [-0.2, -0.15) is 0 Å². The summed E-state index contributed by atoms with van der Waals surface area (Å²) in [7, 11) is 1.95. The minimum absolute atomic E-state index is 0.0179. The molecule has 7 heteroatoms. The Bertz CT molecular complexity index is 1140. The van der Waals surface area contributed by atoms with Gasteiger partial charge >= 0.3 is 5.97 Å². The van der Waals surface area contributed by atoms with E-state index in [1.54, 1.807) is 17.4 Å². The molecular weight excluding hydrogens is 536 g/mol. The Balaban J connectivity index is 1.37. The number of ether oxygens (including phenoxy) is 1. The van der Waals surface area contributed by atoms with E-state index >= 15 is 0 Å². The molecule has 0 radical (unpaired) electrons. The highest BCUT2D eigenvalue weighted by atomic mass is 79.9. The average molecular weight is 572 g/mol. The van der Waals surface area contributed by atoms with E-state index in [-0.39, 0.29) is 23.3 Å². The zero-order chi connectivity index (χ0) is 25.3. The van der Waals surface area contributed by atoms with Gasteiger partial charge in [-0.1, -0.05) is 12.1 Å². The molecule has 2 heterocycles.